The topological polar surface area (TPSA) is 24.5 Å². The summed E-state index contributed by atoms with van der Waals surface area (Å²) in [7, 11) is 0. The molecule has 1 aliphatic rings. The van der Waals surface area contributed by atoms with E-state index in [0.717, 1.165) is 32.7 Å². The van der Waals surface area contributed by atoms with Crippen molar-refractivity contribution in [3.05, 3.63) is 28.2 Å². The summed E-state index contributed by atoms with van der Waals surface area (Å²) in [6.45, 7) is 10.2. The van der Waals surface area contributed by atoms with E-state index in [0.29, 0.717) is 12.1 Å². The maximum atomic E-state index is 5.73. The van der Waals surface area contributed by atoms with E-state index in [9.17, 15) is 0 Å². The van der Waals surface area contributed by atoms with Crippen LogP contribution < -0.4 is 10.2 Å². The molecule has 1 heterocycles. The molecule has 0 spiro atoms. The van der Waals surface area contributed by atoms with Gasteiger partial charge in [-0.15, -0.1) is 0 Å². The van der Waals surface area contributed by atoms with E-state index in [1.54, 1.807) is 0 Å². The summed E-state index contributed by atoms with van der Waals surface area (Å²) in [4.78, 5) is 2.42. The van der Waals surface area contributed by atoms with E-state index in [2.05, 4.69) is 65.1 Å². The fourth-order valence-corrected chi connectivity index (χ4v) is 2.90. The summed E-state index contributed by atoms with van der Waals surface area (Å²) >= 11 is 3.70. The zero-order valence-electron chi connectivity index (χ0n) is 12.7. The Kier molecular flexibility index (Phi) is 5.87. The lowest BCUT2D eigenvalue weighted by Crippen LogP contribution is -2.42. The number of nitrogens with one attached hydrogen (secondary N) is 1. The van der Waals surface area contributed by atoms with Crippen molar-refractivity contribution in [1.82, 2.24) is 5.32 Å². The number of halogens is 1. The Morgan fingerprint density at radius 3 is 2.90 bits per heavy atom. The molecule has 0 saturated carbocycles. The molecular formula is C16H25BrN2O. The van der Waals surface area contributed by atoms with Crippen LogP contribution in [0.2, 0.25) is 0 Å². The Labute approximate surface area is 130 Å². The number of morpholine rings is 1. The molecular weight excluding hydrogens is 316 g/mol. The number of nitrogens with zero attached hydrogens (tertiary/aromatic N) is 1. The molecule has 112 valence electrons. The van der Waals surface area contributed by atoms with Gasteiger partial charge in [0.05, 0.1) is 12.7 Å². The van der Waals surface area contributed by atoms with Gasteiger partial charge < -0.3 is 15.0 Å². The summed E-state index contributed by atoms with van der Waals surface area (Å²) in [6, 6.07) is 7.17. The van der Waals surface area contributed by atoms with Gasteiger partial charge in [0, 0.05) is 35.8 Å². The Hall–Kier alpha value is -0.580. The van der Waals surface area contributed by atoms with Gasteiger partial charge in [-0.25, -0.2) is 0 Å². The molecule has 1 atom stereocenters. The molecule has 1 aromatic rings. The first-order valence-electron chi connectivity index (χ1n) is 7.48. The molecule has 4 heteroatoms. The van der Waals surface area contributed by atoms with Crippen molar-refractivity contribution in [2.24, 2.45) is 0 Å². The van der Waals surface area contributed by atoms with Gasteiger partial charge in [-0.05, 0) is 24.1 Å². The molecule has 1 unspecified atom stereocenters. The maximum absolute atomic E-state index is 5.73. The van der Waals surface area contributed by atoms with Crippen LogP contribution in [0.5, 0.6) is 0 Å². The number of hydrogen-bond donors (Lipinski definition) is 1. The third-order valence-corrected chi connectivity index (χ3v) is 4.43. The SMILES string of the molecule is CCC1CN(c2ccc(CNC(C)C)c(Br)c2)CCO1. The van der Waals surface area contributed by atoms with E-state index in [1.165, 1.54) is 15.7 Å². The summed E-state index contributed by atoms with van der Waals surface area (Å²) in [5.74, 6) is 0. The molecule has 0 aliphatic carbocycles. The lowest BCUT2D eigenvalue weighted by Gasteiger charge is -2.34. The molecule has 3 nitrogen and oxygen atoms in total. The van der Waals surface area contributed by atoms with Gasteiger partial charge in [0.2, 0.25) is 0 Å². The standard InChI is InChI=1S/C16H25BrN2O/c1-4-15-11-19(7-8-20-15)14-6-5-13(16(17)9-14)10-18-12(2)3/h5-6,9,12,15,18H,4,7-8,10-11H2,1-3H3. The number of benzene rings is 1. The number of anilines is 1. The third-order valence-electron chi connectivity index (χ3n) is 3.70. The predicted octanol–water partition coefficient (Wildman–Crippen LogP) is 3.56. The fourth-order valence-electron chi connectivity index (χ4n) is 2.39. The zero-order chi connectivity index (χ0) is 14.5. The van der Waals surface area contributed by atoms with Gasteiger partial charge in [0.25, 0.3) is 0 Å². The Bertz CT molecular complexity index is 436. The summed E-state index contributed by atoms with van der Waals surface area (Å²) in [5, 5.41) is 3.45. The van der Waals surface area contributed by atoms with E-state index in [1.807, 2.05) is 0 Å². The van der Waals surface area contributed by atoms with E-state index < -0.39 is 0 Å². The van der Waals surface area contributed by atoms with Crippen LogP contribution in [0.15, 0.2) is 22.7 Å². The van der Waals surface area contributed by atoms with Crippen molar-refractivity contribution in [3.8, 4) is 0 Å². The maximum Gasteiger partial charge on any atom is 0.0748 e. The molecule has 0 radical (unpaired) electrons. The lowest BCUT2D eigenvalue weighted by molar-refractivity contribution is 0.0384. The first-order chi connectivity index (χ1) is 9.60. The minimum atomic E-state index is 0.366. The van der Waals surface area contributed by atoms with Crippen LogP contribution in [0.1, 0.15) is 32.8 Å². The Balaban J connectivity index is 2.04. The van der Waals surface area contributed by atoms with Gasteiger partial charge >= 0.3 is 0 Å². The van der Waals surface area contributed by atoms with Crippen LogP contribution >= 0.6 is 15.9 Å². The first kappa shape index (κ1) is 15.8. The van der Waals surface area contributed by atoms with Crippen molar-refractivity contribution in [3.63, 3.8) is 0 Å². The van der Waals surface area contributed by atoms with Gasteiger partial charge in [-0.2, -0.15) is 0 Å². The average Bonchev–Trinajstić information content (AvgIpc) is 2.46. The molecule has 20 heavy (non-hydrogen) atoms. The largest absolute Gasteiger partial charge is 0.375 e. The molecule has 0 amide bonds. The first-order valence-corrected chi connectivity index (χ1v) is 8.27. The summed E-state index contributed by atoms with van der Waals surface area (Å²) in [6.07, 6.45) is 1.44. The van der Waals surface area contributed by atoms with Crippen LogP contribution in [-0.4, -0.2) is 31.8 Å². The van der Waals surface area contributed by atoms with Crippen molar-refractivity contribution >= 4 is 21.6 Å². The van der Waals surface area contributed by atoms with E-state index >= 15 is 0 Å². The van der Waals surface area contributed by atoms with Crippen molar-refractivity contribution in [2.45, 2.75) is 45.9 Å². The van der Waals surface area contributed by atoms with E-state index in [4.69, 9.17) is 4.74 Å². The number of hydrogen-bond acceptors (Lipinski definition) is 3. The van der Waals surface area contributed by atoms with Gasteiger partial charge in [-0.1, -0.05) is 42.8 Å². The second-order valence-electron chi connectivity index (χ2n) is 5.66. The number of ether oxygens (including phenoxy) is 1. The quantitative estimate of drug-likeness (QED) is 0.886. The predicted molar refractivity (Wildman–Crippen MR) is 88.4 cm³/mol. The minimum Gasteiger partial charge on any atom is -0.375 e. The van der Waals surface area contributed by atoms with Crippen LogP contribution in [-0.2, 0) is 11.3 Å². The van der Waals surface area contributed by atoms with Gasteiger partial charge in [0.1, 0.15) is 0 Å². The van der Waals surface area contributed by atoms with E-state index in [-0.39, 0.29) is 0 Å². The molecule has 1 aliphatic heterocycles. The molecule has 0 bridgehead atoms. The highest BCUT2D eigenvalue weighted by atomic mass is 79.9. The number of rotatable bonds is 5. The van der Waals surface area contributed by atoms with Crippen molar-refractivity contribution in [1.29, 1.82) is 0 Å². The van der Waals surface area contributed by atoms with Crippen molar-refractivity contribution in [2.75, 3.05) is 24.6 Å². The monoisotopic (exact) mass is 340 g/mol. The lowest BCUT2D eigenvalue weighted by atomic mass is 10.1. The van der Waals surface area contributed by atoms with Crippen LogP contribution in [0.4, 0.5) is 5.69 Å². The highest BCUT2D eigenvalue weighted by molar-refractivity contribution is 9.10. The molecule has 1 fully saturated rings. The normalized spacial score (nSPS) is 19.6. The molecule has 1 N–H and O–H groups in total. The van der Waals surface area contributed by atoms with Crippen molar-refractivity contribution < 1.29 is 4.74 Å². The average molecular weight is 341 g/mol. The molecule has 0 aromatic heterocycles. The fraction of sp³-hybridized carbons (Fsp3) is 0.625. The smallest absolute Gasteiger partial charge is 0.0748 e. The second-order valence-corrected chi connectivity index (χ2v) is 6.51. The summed E-state index contributed by atoms with van der Waals surface area (Å²) < 4.78 is 6.92. The van der Waals surface area contributed by atoms with Crippen LogP contribution in [0.25, 0.3) is 0 Å². The second kappa shape index (κ2) is 7.43. The van der Waals surface area contributed by atoms with Gasteiger partial charge in [-0.3, -0.25) is 0 Å². The van der Waals surface area contributed by atoms with Crippen LogP contribution in [0, 0.1) is 0 Å². The Morgan fingerprint density at radius 2 is 2.25 bits per heavy atom. The summed E-state index contributed by atoms with van der Waals surface area (Å²) in [5.41, 5.74) is 2.59. The highest BCUT2D eigenvalue weighted by Crippen LogP contribution is 2.26. The highest BCUT2D eigenvalue weighted by Gasteiger charge is 2.19. The molecule has 1 aromatic carbocycles. The van der Waals surface area contributed by atoms with Crippen LogP contribution in [0.3, 0.4) is 0 Å². The van der Waals surface area contributed by atoms with Gasteiger partial charge in [0.15, 0.2) is 0 Å². The molecule has 1 saturated heterocycles. The third kappa shape index (κ3) is 4.21. The molecule has 2 rings (SSSR count). The Morgan fingerprint density at radius 1 is 1.45 bits per heavy atom. The zero-order valence-corrected chi connectivity index (χ0v) is 14.2. The minimum absolute atomic E-state index is 0.366.